The highest BCUT2D eigenvalue weighted by Crippen LogP contribution is 2.46. The molecule has 3 atom stereocenters. The molecule has 0 N–H and O–H groups in total. The molecular weight excluding hydrogens is 344 g/mol. The van der Waals surface area contributed by atoms with E-state index in [1.807, 2.05) is 0 Å². The predicted octanol–water partition coefficient (Wildman–Crippen LogP) is 6.01. The summed E-state index contributed by atoms with van der Waals surface area (Å²) < 4.78 is 10.9. The summed E-state index contributed by atoms with van der Waals surface area (Å²) in [7, 11) is 3.47. The van der Waals surface area contributed by atoms with E-state index >= 15 is 0 Å². The van der Waals surface area contributed by atoms with Gasteiger partial charge < -0.3 is 9.47 Å². The Balaban J connectivity index is 1.73. The second-order valence-corrected chi connectivity index (χ2v) is 7.80. The fraction of sp³-hybridized carbons (Fsp3) is 0.308. The molecule has 0 aliphatic heterocycles. The summed E-state index contributed by atoms with van der Waals surface area (Å²) in [5, 5.41) is 0. The lowest BCUT2D eigenvalue weighted by atomic mass is 9.66. The van der Waals surface area contributed by atoms with Gasteiger partial charge in [-0.1, -0.05) is 55.5 Å². The summed E-state index contributed by atoms with van der Waals surface area (Å²) in [5.41, 5.74) is 5.68. The summed E-state index contributed by atoms with van der Waals surface area (Å²) in [6.45, 7) is 2.41. The average Bonchev–Trinajstić information content (AvgIpc) is 2.76. The molecule has 1 aliphatic carbocycles. The summed E-state index contributed by atoms with van der Waals surface area (Å²) in [4.78, 5) is 0. The zero-order chi connectivity index (χ0) is 19.5. The molecular formula is C26H28O2. The van der Waals surface area contributed by atoms with E-state index in [0.717, 1.165) is 24.3 Å². The highest BCUT2D eigenvalue weighted by Gasteiger charge is 2.35. The number of fused-ring (bicyclic) bond motifs is 1. The molecule has 0 spiro atoms. The van der Waals surface area contributed by atoms with E-state index < -0.39 is 0 Å². The minimum absolute atomic E-state index is 0.466. The van der Waals surface area contributed by atoms with Gasteiger partial charge in [-0.2, -0.15) is 0 Å². The van der Waals surface area contributed by atoms with E-state index in [9.17, 15) is 0 Å². The maximum atomic E-state index is 5.54. The van der Waals surface area contributed by atoms with Crippen molar-refractivity contribution in [3.8, 4) is 11.5 Å². The molecule has 144 valence electrons. The molecule has 0 aromatic heterocycles. The van der Waals surface area contributed by atoms with Crippen molar-refractivity contribution in [3.63, 3.8) is 0 Å². The first-order valence-electron chi connectivity index (χ1n) is 10.0. The van der Waals surface area contributed by atoms with Crippen LogP contribution in [-0.2, 0) is 12.8 Å². The molecule has 0 saturated heterocycles. The zero-order valence-electron chi connectivity index (χ0n) is 16.9. The van der Waals surface area contributed by atoms with Crippen molar-refractivity contribution >= 4 is 0 Å². The van der Waals surface area contributed by atoms with E-state index in [-0.39, 0.29) is 0 Å². The van der Waals surface area contributed by atoms with Gasteiger partial charge in [0, 0.05) is 0 Å². The second kappa shape index (κ2) is 8.10. The topological polar surface area (TPSA) is 18.5 Å². The predicted molar refractivity (Wildman–Crippen MR) is 114 cm³/mol. The normalized spacial score (nSPS) is 21.0. The number of benzene rings is 3. The van der Waals surface area contributed by atoms with Crippen molar-refractivity contribution in [1.82, 2.24) is 0 Å². The third-order valence-corrected chi connectivity index (χ3v) is 6.30. The van der Waals surface area contributed by atoms with E-state index in [1.165, 1.54) is 22.3 Å². The van der Waals surface area contributed by atoms with Gasteiger partial charge in [-0.3, -0.25) is 0 Å². The number of hydrogen-bond acceptors (Lipinski definition) is 2. The van der Waals surface area contributed by atoms with Crippen LogP contribution in [0.2, 0.25) is 0 Å². The van der Waals surface area contributed by atoms with Gasteiger partial charge in [0.25, 0.3) is 0 Å². The monoisotopic (exact) mass is 372 g/mol. The van der Waals surface area contributed by atoms with Crippen molar-refractivity contribution in [2.24, 2.45) is 5.92 Å². The maximum absolute atomic E-state index is 5.54. The molecule has 0 radical (unpaired) electrons. The van der Waals surface area contributed by atoms with Crippen LogP contribution >= 0.6 is 0 Å². The fourth-order valence-electron chi connectivity index (χ4n) is 4.65. The Morgan fingerprint density at radius 1 is 0.821 bits per heavy atom. The van der Waals surface area contributed by atoms with Gasteiger partial charge in [0.05, 0.1) is 14.2 Å². The first kappa shape index (κ1) is 18.6. The van der Waals surface area contributed by atoms with Crippen LogP contribution in [0.3, 0.4) is 0 Å². The first-order valence-corrected chi connectivity index (χ1v) is 10.0. The minimum atomic E-state index is 0.466. The molecule has 1 aliphatic rings. The van der Waals surface area contributed by atoms with Crippen LogP contribution in [0.25, 0.3) is 0 Å². The Bertz CT molecular complexity index is 915. The number of hydrogen-bond donors (Lipinski definition) is 0. The Morgan fingerprint density at radius 3 is 2.18 bits per heavy atom. The maximum Gasteiger partial charge on any atom is 0.119 e. The van der Waals surface area contributed by atoms with E-state index in [4.69, 9.17) is 9.47 Å². The zero-order valence-corrected chi connectivity index (χ0v) is 16.9. The Kier molecular flexibility index (Phi) is 5.38. The molecule has 2 heteroatoms. The van der Waals surface area contributed by atoms with Gasteiger partial charge in [-0.25, -0.2) is 0 Å². The molecule has 0 amide bonds. The van der Waals surface area contributed by atoms with Crippen molar-refractivity contribution < 1.29 is 9.47 Å². The Morgan fingerprint density at radius 2 is 1.50 bits per heavy atom. The lowest BCUT2D eigenvalue weighted by Crippen LogP contribution is -2.28. The summed E-state index contributed by atoms with van der Waals surface area (Å²) in [6, 6.07) is 26.1. The van der Waals surface area contributed by atoms with Gasteiger partial charge in [0.1, 0.15) is 11.5 Å². The van der Waals surface area contributed by atoms with Crippen LogP contribution in [0.15, 0.2) is 72.8 Å². The van der Waals surface area contributed by atoms with Crippen molar-refractivity contribution in [2.75, 3.05) is 14.2 Å². The molecule has 0 heterocycles. The fourth-order valence-corrected chi connectivity index (χ4v) is 4.65. The average molecular weight is 373 g/mol. The molecule has 28 heavy (non-hydrogen) atoms. The van der Waals surface area contributed by atoms with Crippen LogP contribution in [0.5, 0.6) is 11.5 Å². The second-order valence-electron chi connectivity index (χ2n) is 7.80. The molecule has 3 unspecified atom stereocenters. The van der Waals surface area contributed by atoms with Gasteiger partial charge in [-0.15, -0.1) is 0 Å². The Labute approximate surface area is 168 Å². The molecule has 0 bridgehead atoms. The highest BCUT2D eigenvalue weighted by atomic mass is 16.5. The van der Waals surface area contributed by atoms with Crippen molar-refractivity contribution in [3.05, 3.63) is 95.1 Å². The number of ether oxygens (including phenoxy) is 2. The minimum Gasteiger partial charge on any atom is -0.497 e. The standard InChI is InChI=1S/C26H28O2/c1-18-24(20-9-12-22(27-2)13-10-20)16-21-11-14-23(28-3)17-26(21)25(18)15-19-7-5-4-6-8-19/h4-14,17-18,24-25H,15-16H2,1-3H3. The molecule has 3 aromatic rings. The van der Waals surface area contributed by atoms with Crippen LogP contribution in [0.1, 0.15) is 41.0 Å². The van der Waals surface area contributed by atoms with Gasteiger partial charge in [0.15, 0.2) is 0 Å². The summed E-state index contributed by atoms with van der Waals surface area (Å²) in [5.74, 6) is 3.37. The van der Waals surface area contributed by atoms with Gasteiger partial charge in [-0.05, 0) is 77.1 Å². The molecule has 0 saturated carbocycles. The Hall–Kier alpha value is -2.74. The van der Waals surface area contributed by atoms with Crippen LogP contribution in [0, 0.1) is 5.92 Å². The van der Waals surface area contributed by atoms with Crippen LogP contribution in [-0.4, -0.2) is 14.2 Å². The lowest BCUT2D eigenvalue weighted by molar-refractivity contribution is 0.345. The van der Waals surface area contributed by atoms with Gasteiger partial charge in [0.2, 0.25) is 0 Å². The smallest absolute Gasteiger partial charge is 0.119 e. The first-order chi connectivity index (χ1) is 13.7. The molecule has 2 nitrogen and oxygen atoms in total. The largest absolute Gasteiger partial charge is 0.497 e. The van der Waals surface area contributed by atoms with Gasteiger partial charge >= 0.3 is 0 Å². The van der Waals surface area contributed by atoms with E-state index in [2.05, 4.69) is 79.7 Å². The van der Waals surface area contributed by atoms with Crippen LogP contribution in [0.4, 0.5) is 0 Å². The molecule has 4 rings (SSSR count). The summed E-state index contributed by atoms with van der Waals surface area (Å²) >= 11 is 0. The third-order valence-electron chi connectivity index (χ3n) is 6.30. The van der Waals surface area contributed by atoms with Crippen molar-refractivity contribution in [2.45, 2.75) is 31.6 Å². The molecule has 3 aromatic carbocycles. The van der Waals surface area contributed by atoms with E-state index in [0.29, 0.717) is 17.8 Å². The number of methoxy groups -OCH3 is 2. The quantitative estimate of drug-likeness (QED) is 0.546. The molecule has 0 fully saturated rings. The summed E-state index contributed by atoms with van der Waals surface area (Å²) in [6.07, 6.45) is 2.12. The van der Waals surface area contributed by atoms with Crippen LogP contribution < -0.4 is 9.47 Å². The SMILES string of the molecule is COc1ccc(C2Cc3ccc(OC)cc3C(Cc3ccccc3)C2C)cc1. The highest BCUT2D eigenvalue weighted by molar-refractivity contribution is 5.44. The third kappa shape index (κ3) is 3.64. The number of rotatable bonds is 5. The van der Waals surface area contributed by atoms with E-state index in [1.54, 1.807) is 14.2 Å². The van der Waals surface area contributed by atoms with Crippen molar-refractivity contribution in [1.29, 1.82) is 0 Å². The lowest BCUT2D eigenvalue weighted by Gasteiger charge is -2.38.